The fourth-order valence-electron chi connectivity index (χ4n) is 10.9. The molecule has 0 saturated heterocycles. The number of carbonyl (C=O) groups is 1. The van der Waals surface area contributed by atoms with Crippen LogP contribution in [0, 0.1) is 34.0 Å². The van der Waals surface area contributed by atoms with Crippen LogP contribution in [-0.4, -0.2) is 20.0 Å². The highest BCUT2D eigenvalue weighted by Crippen LogP contribution is 2.70. The predicted octanol–water partition coefficient (Wildman–Crippen LogP) is 16.2. The molecule has 4 aromatic rings. The number of thiophene rings is 3. The molecule has 3 aliphatic rings. The Morgan fingerprint density at radius 2 is 1.12 bits per heavy atom. The maximum atomic E-state index is 13.9. The minimum atomic E-state index is -0.416. The molecule has 4 heterocycles. The number of nitrogens with zero attached hydrogens (tertiary/aromatic N) is 4. The Labute approximate surface area is 401 Å². The summed E-state index contributed by atoms with van der Waals surface area (Å²) >= 11 is 5.61. The first-order chi connectivity index (χ1) is 31.7. The largest absolute Gasteiger partial charge is 0.378 e. The Morgan fingerprint density at radius 1 is 0.631 bits per heavy atom. The van der Waals surface area contributed by atoms with Gasteiger partial charge in [-0.15, -0.1) is 34.0 Å². The van der Waals surface area contributed by atoms with E-state index in [1.54, 1.807) is 28.0 Å². The van der Waals surface area contributed by atoms with Gasteiger partial charge in [0.05, 0.1) is 16.8 Å². The van der Waals surface area contributed by atoms with Crippen LogP contribution in [0.4, 0.5) is 5.69 Å². The molecule has 65 heavy (non-hydrogen) atoms. The van der Waals surface area contributed by atoms with Crippen LogP contribution in [0.15, 0.2) is 53.2 Å². The second-order valence-electron chi connectivity index (χ2n) is 18.8. The highest BCUT2D eigenvalue weighted by Gasteiger charge is 2.55. The average Bonchev–Trinajstić information content (AvgIpc) is 4.15. The Kier molecular flexibility index (Phi) is 16.1. The van der Waals surface area contributed by atoms with Gasteiger partial charge < -0.3 is 10.2 Å². The Hall–Kier alpha value is -4.72. The van der Waals surface area contributed by atoms with Crippen molar-refractivity contribution < 1.29 is 4.79 Å². The normalized spacial score (nSPS) is 15.1. The number of nitriles is 3. The van der Waals surface area contributed by atoms with Crippen molar-refractivity contribution in [1.29, 1.82) is 15.8 Å². The highest BCUT2D eigenvalue weighted by atomic mass is 32.1. The molecule has 1 N–H and O–H groups in total. The molecule has 0 atom stereocenters. The summed E-state index contributed by atoms with van der Waals surface area (Å²) in [5.41, 5.74) is 8.37. The minimum absolute atomic E-state index is 0.0313. The molecule has 1 aliphatic heterocycles. The molecular weight excluding hydrogens is 855 g/mol. The number of hydrogen-bond acceptors (Lipinski definition) is 8. The monoisotopic (exact) mass is 921 g/mol. The number of fused-ring (bicyclic) bond motifs is 7. The van der Waals surface area contributed by atoms with E-state index in [9.17, 15) is 20.6 Å². The van der Waals surface area contributed by atoms with Gasteiger partial charge >= 0.3 is 0 Å². The average molecular weight is 922 g/mol. The van der Waals surface area contributed by atoms with Crippen LogP contribution in [0.2, 0.25) is 0 Å². The van der Waals surface area contributed by atoms with Crippen molar-refractivity contribution in [2.45, 2.75) is 167 Å². The fourth-order valence-corrected chi connectivity index (χ4v) is 15.2. The lowest BCUT2D eigenvalue weighted by Gasteiger charge is -2.38. The summed E-state index contributed by atoms with van der Waals surface area (Å²) in [5, 5.41) is 32.8. The van der Waals surface area contributed by atoms with Crippen molar-refractivity contribution in [2.75, 3.05) is 19.0 Å². The van der Waals surface area contributed by atoms with Crippen LogP contribution in [-0.2, 0) is 15.6 Å². The first-order valence-electron chi connectivity index (χ1n) is 24.6. The van der Waals surface area contributed by atoms with E-state index >= 15 is 0 Å². The first kappa shape index (κ1) is 48.2. The lowest BCUT2D eigenvalue weighted by atomic mass is 9.64. The molecule has 0 bridgehead atoms. The van der Waals surface area contributed by atoms with Crippen LogP contribution < -0.4 is 10.2 Å². The molecule has 340 valence electrons. The zero-order valence-electron chi connectivity index (χ0n) is 39.7. The molecule has 6 nitrogen and oxygen atoms in total. The number of anilines is 1. The molecule has 7 rings (SSSR count). The van der Waals surface area contributed by atoms with Crippen molar-refractivity contribution in [2.24, 2.45) is 0 Å². The molecule has 3 aromatic heterocycles. The Morgan fingerprint density at radius 3 is 1.58 bits per heavy atom. The van der Waals surface area contributed by atoms with Gasteiger partial charge in [0.25, 0.3) is 5.91 Å². The maximum Gasteiger partial charge on any atom is 0.258 e. The van der Waals surface area contributed by atoms with Crippen LogP contribution in [0.25, 0.3) is 37.2 Å². The van der Waals surface area contributed by atoms with Crippen molar-refractivity contribution in [3.8, 4) is 37.7 Å². The number of allylic oxidation sites excluding steroid dienone is 2. The summed E-state index contributed by atoms with van der Waals surface area (Å²) in [6.45, 7) is 9.21. The van der Waals surface area contributed by atoms with E-state index in [-0.39, 0.29) is 33.2 Å². The van der Waals surface area contributed by atoms with E-state index in [4.69, 9.17) is 0 Å². The molecule has 9 heteroatoms. The predicted molar refractivity (Wildman–Crippen MR) is 276 cm³/mol. The molecule has 0 fully saturated rings. The number of amides is 1. The van der Waals surface area contributed by atoms with Crippen molar-refractivity contribution >= 4 is 63.3 Å². The van der Waals surface area contributed by atoms with Crippen LogP contribution in [0.1, 0.15) is 194 Å². The zero-order valence-corrected chi connectivity index (χ0v) is 42.1. The smallest absolute Gasteiger partial charge is 0.258 e. The second kappa shape index (κ2) is 21.7. The summed E-state index contributed by atoms with van der Waals surface area (Å²) < 4.78 is 0. The number of rotatable bonds is 24. The molecule has 1 aromatic carbocycles. The molecule has 1 amide bonds. The number of nitrogens with one attached hydrogen (secondary N) is 1. The summed E-state index contributed by atoms with van der Waals surface area (Å²) in [7, 11) is 4.16. The van der Waals surface area contributed by atoms with Gasteiger partial charge in [0.1, 0.15) is 18.2 Å². The standard InChI is InChI=1S/C56H67N5OS3/c1-7-11-15-19-29-55(30-20-16-12-8-2)43-33-41(28-25-38-23-26-40(27-24-38)61(5)6)63-50(43)52-47(55)48-53(65-52)51-44(56(48,31-21-17-13-9-3)32-22-18-14-10-4)34-45(64-51)46-42(37-59)49(60-54(46)62)39(35-57)36-58/h23-28,33-34H,7-22,29-32H2,1-6H3,(H,60,62)/b28-25+. The van der Waals surface area contributed by atoms with Crippen LogP contribution in [0.3, 0.4) is 0 Å². The van der Waals surface area contributed by atoms with Gasteiger partial charge in [0, 0.05) is 59.9 Å². The molecule has 2 aliphatic carbocycles. The lowest BCUT2D eigenvalue weighted by Crippen LogP contribution is -2.32. The van der Waals surface area contributed by atoms with Gasteiger partial charge in [0.15, 0.2) is 5.57 Å². The van der Waals surface area contributed by atoms with Gasteiger partial charge in [0.2, 0.25) is 0 Å². The summed E-state index contributed by atoms with van der Waals surface area (Å²) in [6, 6.07) is 19.7. The van der Waals surface area contributed by atoms with E-state index in [0.717, 1.165) is 43.4 Å². The quantitative estimate of drug-likeness (QED) is 0.0557. The lowest BCUT2D eigenvalue weighted by molar-refractivity contribution is -0.114. The van der Waals surface area contributed by atoms with E-state index in [1.165, 1.54) is 131 Å². The number of carbonyl (C=O) groups excluding carboxylic acids is 1. The van der Waals surface area contributed by atoms with Gasteiger partial charge in [-0.2, -0.15) is 15.8 Å². The van der Waals surface area contributed by atoms with Gasteiger partial charge in [-0.05, 0) is 83.8 Å². The molecule has 0 unspecified atom stereocenters. The van der Waals surface area contributed by atoms with E-state index in [1.807, 2.05) is 34.8 Å². The van der Waals surface area contributed by atoms with Gasteiger partial charge in [-0.3, -0.25) is 4.79 Å². The van der Waals surface area contributed by atoms with Crippen LogP contribution >= 0.6 is 34.0 Å². The van der Waals surface area contributed by atoms with Crippen molar-refractivity contribution in [1.82, 2.24) is 5.32 Å². The Bertz CT molecular complexity index is 2530. The zero-order chi connectivity index (χ0) is 46.1. The second-order valence-corrected chi connectivity index (χ2v) is 21.9. The maximum absolute atomic E-state index is 13.9. The molecule has 0 radical (unpaired) electrons. The Balaban J connectivity index is 1.47. The first-order valence-corrected chi connectivity index (χ1v) is 27.0. The highest BCUT2D eigenvalue weighted by molar-refractivity contribution is 7.27. The topological polar surface area (TPSA) is 104 Å². The molecule has 0 saturated carbocycles. The number of unbranched alkanes of at least 4 members (excludes halogenated alkanes) is 12. The number of hydrogen-bond donors (Lipinski definition) is 1. The molecular formula is C56H67N5OS3. The third kappa shape index (κ3) is 9.34. The van der Waals surface area contributed by atoms with Crippen molar-refractivity contribution in [3.63, 3.8) is 0 Å². The summed E-state index contributed by atoms with van der Waals surface area (Å²) in [5.74, 6) is -0.416. The van der Waals surface area contributed by atoms with Gasteiger partial charge in [-0.25, -0.2) is 0 Å². The van der Waals surface area contributed by atoms with Crippen molar-refractivity contribution in [3.05, 3.63) is 90.8 Å². The van der Waals surface area contributed by atoms with E-state index in [0.29, 0.717) is 0 Å². The third-order valence-corrected chi connectivity index (χ3v) is 18.0. The SMILES string of the molecule is CCCCCCC1(CCCCCC)c2cc(/C=C/c3ccc(N(C)C)cc3)sc2-c2sc3c(c21)C(CCCCCC)(CCCCCC)c1cc(C2=C(C#N)C(=C(C#N)C#N)NC2=O)sc1-3. The fraction of sp³-hybridized carbons (Fsp3) is 0.500. The minimum Gasteiger partial charge on any atom is -0.378 e. The third-order valence-electron chi connectivity index (χ3n) is 14.3. The van der Waals surface area contributed by atoms with E-state index in [2.05, 4.69) is 107 Å². The molecule has 0 spiro atoms. The van der Waals surface area contributed by atoms with Gasteiger partial charge in [-0.1, -0.05) is 149 Å². The van der Waals surface area contributed by atoms with Crippen LogP contribution in [0.5, 0.6) is 0 Å². The number of benzene rings is 1. The summed E-state index contributed by atoms with van der Waals surface area (Å²) in [6.07, 6.45) is 28.3. The summed E-state index contributed by atoms with van der Waals surface area (Å²) in [4.78, 5) is 23.6. The van der Waals surface area contributed by atoms with E-state index < -0.39 is 5.91 Å².